The quantitative estimate of drug-likeness (QED) is 0.716. The summed E-state index contributed by atoms with van der Waals surface area (Å²) in [5.41, 5.74) is 1.68. The first-order valence-electron chi connectivity index (χ1n) is 5.64. The van der Waals surface area contributed by atoms with Crippen molar-refractivity contribution in [3.63, 3.8) is 0 Å². The van der Waals surface area contributed by atoms with E-state index in [-0.39, 0.29) is 18.4 Å². The lowest BCUT2D eigenvalue weighted by Crippen LogP contribution is -2.23. The number of hydrogen-bond donors (Lipinski definition) is 3. The van der Waals surface area contributed by atoms with E-state index in [0.29, 0.717) is 16.9 Å². The molecule has 0 bridgehead atoms. The van der Waals surface area contributed by atoms with Crippen LogP contribution < -0.4 is 10.6 Å². The van der Waals surface area contributed by atoms with Crippen molar-refractivity contribution in [3.05, 3.63) is 29.8 Å². The number of carbonyl (C=O) groups is 2. The fourth-order valence-electron chi connectivity index (χ4n) is 1.52. The summed E-state index contributed by atoms with van der Waals surface area (Å²) in [4.78, 5) is 23.1. The lowest BCUT2D eigenvalue weighted by Gasteiger charge is -2.01. The van der Waals surface area contributed by atoms with Crippen molar-refractivity contribution < 1.29 is 9.59 Å². The summed E-state index contributed by atoms with van der Waals surface area (Å²) in [6.45, 7) is 1.87. The van der Waals surface area contributed by atoms with Crippen molar-refractivity contribution in [2.24, 2.45) is 0 Å². The molecule has 0 aliphatic heterocycles. The molecule has 2 rings (SSSR count). The van der Waals surface area contributed by atoms with Gasteiger partial charge in [-0.25, -0.2) is 0 Å². The summed E-state index contributed by atoms with van der Waals surface area (Å²) >= 11 is 0. The molecule has 8 heteroatoms. The van der Waals surface area contributed by atoms with Crippen LogP contribution in [0.15, 0.2) is 18.6 Å². The minimum absolute atomic E-state index is 0.108. The third kappa shape index (κ3) is 2.97. The number of hydrogen-bond acceptors (Lipinski definition) is 4. The summed E-state index contributed by atoms with van der Waals surface area (Å²) in [5, 5.41) is 15.6. The van der Waals surface area contributed by atoms with E-state index in [1.807, 2.05) is 0 Å². The molecule has 2 amide bonds. The van der Waals surface area contributed by atoms with Crippen molar-refractivity contribution in [2.75, 3.05) is 12.4 Å². The van der Waals surface area contributed by atoms with Gasteiger partial charge in [-0.2, -0.15) is 10.2 Å². The van der Waals surface area contributed by atoms with Crippen molar-refractivity contribution in [3.8, 4) is 0 Å². The molecule has 0 aliphatic carbocycles. The molecule has 0 unspecified atom stereocenters. The van der Waals surface area contributed by atoms with Gasteiger partial charge in [0.2, 0.25) is 5.91 Å². The fourth-order valence-corrected chi connectivity index (χ4v) is 1.52. The zero-order valence-electron chi connectivity index (χ0n) is 10.6. The Balaban J connectivity index is 2.02. The van der Waals surface area contributed by atoms with Gasteiger partial charge in [-0.1, -0.05) is 0 Å². The Bertz CT molecular complexity index is 600. The van der Waals surface area contributed by atoms with Crippen LogP contribution >= 0.6 is 0 Å². The zero-order chi connectivity index (χ0) is 13.8. The number of H-pyrrole nitrogens is 1. The van der Waals surface area contributed by atoms with E-state index < -0.39 is 0 Å². The lowest BCUT2D eigenvalue weighted by atomic mass is 10.2. The molecular formula is C11H14N6O2. The summed E-state index contributed by atoms with van der Waals surface area (Å²) < 4.78 is 1.44. The third-order valence-electron chi connectivity index (χ3n) is 2.55. The predicted octanol–water partition coefficient (Wildman–Crippen LogP) is -0.0871. The van der Waals surface area contributed by atoms with Crippen LogP contribution in [0.1, 0.15) is 16.1 Å². The first-order valence-corrected chi connectivity index (χ1v) is 5.64. The Morgan fingerprint density at radius 2 is 2.21 bits per heavy atom. The van der Waals surface area contributed by atoms with Crippen molar-refractivity contribution in [2.45, 2.75) is 13.5 Å². The summed E-state index contributed by atoms with van der Waals surface area (Å²) in [6, 6.07) is 0. The average molecular weight is 262 g/mol. The molecular weight excluding hydrogens is 248 g/mol. The standard InChI is InChI=1S/C11H14N6O2/c1-7-9(4-13-16-7)11(19)15-8-3-14-17(5-8)6-10(18)12-2/h3-5H,6H2,1-2H3,(H,12,18)(H,13,16)(H,15,19). The molecule has 0 aliphatic rings. The van der Waals surface area contributed by atoms with Gasteiger partial charge in [0, 0.05) is 18.9 Å². The Morgan fingerprint density at radius 3 is 2.84 bits per heavy atom. The van der Waals surface area contributed by atoms with E-state index in [4.69, 9.17) is 0 Å². The smallest absolute Gasteiger partial charge is 0.259 e. The van der Waals surface area contributed by atoms with Crippen LogP contribution in [-0.2, 0) is 11.3 Å². The minimum atomic E-state index is -0.272. The van der Waals surface area contributed by atoms with Crippen molar-refractivity contribution >= 4 is 17.5 Å². The monoisotopic (exact) mass is 262 g/mol. The van der Waals surface area contributed by atoms with Crippen molar-refractivity contribution in [1.82, 2.24) is 25.3 Å². The summed E-state index contributed by atoms with van der Waals surface area (Å²) in [7, 11) is 1.55. The molecule has 2 aromatic heterocycles. The molecule has 0 atom stereocenters. The third-order valence-corrected chi connectivity index (χ3v) is 2.55. The maximum absolute atomic E-state index is 11.9. The van der Waals surface area contributed by atoms with E-state index in [2.05, 4.69) is 25.9 Å². The average Bonchev–Trinajstić information content (AvgIpc) is 2.98. The Hall–Kier alpha value is -2.64. The minimum Gasteiger partial charge on any atom is -0.358 e. The topological polar surface area (TPSA) is 105 Å². The van der Waals surface area contributed by atoms with Gasteiger partial charge >= 0.3 is 0 Å². The van der Waals surface area contributed by atoms with Gasteiger partial charge in [0.1, 0.15) is 6.54 Å². The molecule has 3 N–H and O–H groups in total. The number of anilines is 1. The lowest BCUT2D eigenvalue weighted by molar-refractivity contribution is -0.121. The van der Waals surface area contributed by atoms with Crippen LogP contribution in [0.25, 0.3) is 0 Å². The van der Waals surface area contributed by atoms with Crippen LogP contribution in [0.4, 0.5) is 5.69 Å². The van der Waals surface area contributed by atoms with E-state index in [1.54, 1.807) is 20.2 Å². The summed E-state index contributed by atoms with van der Waals surface area (Å²) in [5.74, 6) is -0.433. The van der Waals surface area contributed by atoms with Crippen LogP contribution in [0, 0.1) is 6.92 Å². The highest BCUT2D eigenvalue weighted by Gasteiger charge is 2.12. The second-order valence-corrected chi connectivity index (χ2v) is 3.96. The molecule has 0 spiro atoms. The maximum atomic E-state index is 11.9. The Labute approximate surface area is 109 Å². The van der Waals surface area contributed by atoms with Gasteiger partial charge in [-0.05, 0) is 6.92 Å². The van der Waals surface area contributed by atoms with Gasteiger partial charge in [-0.15, -0.1) is 0 Å². The van der Waals surface area contributed by atoms with Gasteiger partial charge in [-0.3, -0.25) is 19.4 Å². The van der Waals surface area contributed by atoms with E-state index >= 15 is 0 Å². The van der Waals surface area contributed by atoms with Crippen molar-refractivity contribution in [1.29, 1.82) is 0 Å². The molecule has 0 radical (unpaired) electrons. The number of aromatic nitrogens is 4. The van der Waals surface area contributed by atoms with Crippen LogP contribution in [-0.4, -0.2) is 38.8 Å². The Morgan fingerprint density at radius 1 is 1.42 bits per heavy atom. The molecule has 0 aromatic carbocycles. The molecule has 8 nitrogen and oxygen atoms in total. The Kier molecular flexibility index (Phi) is 3.60. The van der Waals surface area contributed by atoms with Gasteiger partial charge in [0.05, 0.1) is 23.6 Å². The molecule has 0 fully saturated rings. The number of nitrogens with zero attached hydrogens (tertiary/aromatic N) is 3. The van der Waals surface area contributed by atoms with Crippen LogP contribution in [0.5, 0.6) is 0 Å². The summed E-state index contributed by atoms with van der Waals surface area (Å²) in [6.07, 6.45) is 4.53. The number of amides is 2. The zero-order valence-corrected chi connectivity index (χ0v) is 10.6. The van der Waals surface area contributed by atoms with Gasteiger partial charge < -0.3 is 10.6 Å². The number of carbonyl (C=O) groups excluding carboxylic acids is 2. The van der Waals surface area contributed by atoms with Gasteiger partial charge in [0.25, 0.3) is 5.91 Å². The number of aromatic amines is 1. The molecule has 2 heterocycles. The highest BCUT2D eigenvalue weighted by atomic mass is 16.2. The highest BCUT2D eigenvalue weighted by molar-refractivity contribution is 6.04. The first-order chi connectivity index (χ1) is 9.10. The SMILES string of the molecule is CNC(=O)Cn1cc(NC(=O)c2cn[nH]c2C)cn1. The second-order valence-electron chi connectivity index (χ2n) is 3.96. The van der Waals surface area contributed by atoms with E-state index in [0.717, 1.165) is 0 Å². The molecule has 2 aromatic rings. The first kappa shape index (κ1) is 12.8. The van der Waals surface area contributed by atoms with Gasteiger partial charge in [0.15, 0.2) is 0 Å². The molecule has 0 saturated carbocycles. The predicted molar refractivity (Wildman–Crippen MR) is 67.6 cm³/mol. The highest BCUT2D eigenvalue weighted by Crippen LogP contribution is 2.09. The molecule has 19 heavy (non-hydrogen) atoms. The number of likely N-dealkylation sites (N-methyl/N-ethyl adjacent to an activating group) is 1. The fraction of sp³-hybridized carbons (Fsp3) is 0.273. The van der Waals surface area contributed by atoms with E-state index in [9.17, 15) is 9.59 Å². The largest absolute Gasteiger partial charge is 0.358 e. The van der Waals surface area contributed by atoms with Crippen LogP contribution in [0.2, 0.25) is 0 Å². The molecule has 100 valence electrons. The van der Waals surface area contributed by atoms with Crippen LogP contribution in [0.3, 0.4) is 0 Å². The molecule has 0 saturated heterocycles. The normalized spacial score (nSPS) is 10.2. The number of nitrogens with one attached hydrogen (secondary N) is 3. The van der Waals surface area contributed by atoms with E-state index in [1.165, 1.54) is 17.1 Å². The number of rotatable bonds is 4. The number of aryl methyl sites for hydroxylation is 1. The second kappa shape index (κ2) is 5.34. The maximum Gasteiger partial charge on any atom is 0.259 e.